The van der Waals surface area contributed by atoms with Crippen LogP contribution in [0.3, 0.4) is 0 Å². The predicted octanol–water partition coefficient (Wildman–Crippen LogP) is 3.29. The molecule has 0 radical (unpaired) electrons. The third kappa shape index (κ3) is 4.48. The van der Waals surface area contributed by atoms with E-state index >= 15 is 0 Å². The van der Waals surface area contributed by atoms with Crippen LogP contribution in [-0.2, 0) is 14.8 Å². The molecule has 152 valence electrons. The van der Waals surface area contributed by atoms with Crippen molar-refractivity contribution in [1.29, 1.82) is 0 Å². The van der Waals surface area contributed by atoms with Crippen LogP contribution in [-0.4, -0.2) is 50.1 Å². The van der Waals surface area contributed by atoms with Crippen molar-refractivity contribution in [3.63, 3.8) is 0 Å². The smallest absolute Gasteiger partial charge is 0.271 e. The lowest BCUT2D eigenvalue weighted by Crippen LogP contribution is -2.34. The summed E-state index contributed by atoms with van der Waals surface area (Å²) in [5.41, 5.74) is 0.103. The molecule has 1 aromatic carbocycles. The summed E-state index contributed by atoms with van der Waals surface area (Å²) < 4.78 is 32.7. The first-order valence-corrected chi connectivity index (χ1v) is 11.3. The van der Waals surface area contributed by atoms with Crippen LogP contribution >= 0.6 is 11.3 Å². The third-order valence-corrected chi connectivity index (χ3v) is 7.84. The molecule has 9 heteroatoms. The highest BCUT2D eigenvalue weighted by Gasteiger charge is 2.30. The number of hydrogen-bond donors (Lipinski definition) is 2. The fraction of sp³-hybridized carbons (Fsp3) is 0.421. The second kappa shape index (κ2) is 8.10. The monoisotopic (exact) mass is 424 g/mol. The summed E-state index contributed by atoms with van der Waals surface area (Å²) in [5.74, 6) is -0.527. The molecular formula is C19H24N2O5S2. The summed E-state index contributed by atoms with van der Waals surface area (Å²) in [6, 6.07) is 7.33. The van der Waals surface area contributed by atoms with Crippen molar-refractivity contribution >= 4 is 33.0 Å². The number of likely N-dealkylation sites (tertiary alicyclic amines) is 1. The topological polar surface area (TPSA) is 95.9 Å². The van der Waals surface area contributed by atoms with Gasteiger partial charge in [-0.2, -0.15) is 0 Å². The molecule has 28 heavy (non-hydrogen) atoms. The molecule has 0 unspecified atom stereocenters. The zero-order valence-corrected chi connectivity index (χ0v) is 17.5. The SMILES string of the molecule is CO[C@]1(C)CCCN(C(=O)c2ccc(NS(=O)(=O)c3cccs3)cc2O)CC1. The number of anilines is 1. The van der Waals surface area contributed by atoms with Crippen LogP contribution in [0.25, 0.3) is 0 Å². The first-order chi connectivity index (χ1) is 13.2. The van der Waals surface area contributed by atoms with Crippen LogP contribution in [0.15, 0.2) is 39.9 Å². The highest BCUT2D eigenvalue weighted by Crippen LogP contribution is 2.29. The van der Waals surface area contributed by atoms with Gasteiger partial charge in [-0.15, -0.1) is 11.3 Å². The van der Waals surface area contributed by atoms with Gasteiger partial charge in [0.1, 0.15) is 9.96 Å². The fourth-order valence-corrected chi connectivity index (χ4v) is 5.27. The molecule has 2 heterocycles. The number of ether oxygens (including phenoxy) is 1. The molecule has 0 bridgehead atoms. The van der Waals surface area contributed by atoms with E-state index in [0.717, 1.165) is 24.2 Å². The number of amides is 1. The maximum atomic E-state index is 12.8. The van der Waals surface area contributed by atoms with Gasteiger partial charge in [0.2, 0.25) is 0 Å². The van der Waals surface area contributed by atoms with E-state index in [2.05, 4.69) is 4.72 Å². The summed E-state index contributed by atoms with van der Waals surface area (Å²) in [7, 11) is -2.03. The number of carbonyl (C=O) groups is 1. The molecule has 3 rings (SSSR count). The number of hydrogen-bond acceptors (Lipinski definition) is 6. The standard InChI is InChI=1S/C19H24N2O5S2/c1-19(26-2)8-4-10-21(11-9-19)18(23)15-7-6-14(13-16(15)22)20-28(24,25)17-5-3-12-27-17/h3,5-7,12-13,20,22H,4,8-11H2,1-2H3/t19-/m1/s1. The Hall–Kier alpha value is -2.10. The Morgan fingerprint density at radius 3 is 2.71 bits per heavy atom. The van der Waals surface area contributed by atoms with Gasteiger partial charge in [-0.1, -0.05) is 6.07 Å². The minimum atomic E-state index is -3.71. The molecule has 0 spiro atoms. The average molecular weight is 425 g/mol. The Bertz CT molecular complexity index is 943. The molecule has 1 saturated heterocycles. The van der Waals surface area contributed by atoms with Crippen molar-refractivity contribution < 1.29 is 23.1 Å². The van der Waals surface area contributed by atoms with E-state index < -0.39 is 10.0 Å². The lowest BCUT2D eigenvalue weighted by molar-refractivity contribution is -0.00537. The van der Waals surface area contributed by atoms with Crippen LogP contribution in [0, 0.1) is 0 Å². The molecule has 0 aliphatic carbocycles. The number of nitrogens with one attached hydrogen (secondary N) is 1. The number of sulfonamides is 1. The largest absolute Gasteiger partial charge is 0.507 e. The Labute approximate surface area is 169 Å². The predicted molar refractivity (Wildman–Crippen MR) is 108 cm³/mol. The van der Waals surface area contributed by atoms with E-state index in [-0.39, 0.29) is 32.7 Å². The van der Waals surface area contributed by atoms with E-state index in [4.69, 9.17) is 4.74 Å². The number of rotatable bonds is 5. The van der Waals surface area contributed by atoms with Crippen LogP contribution in [0.5, 0.6) is 5.75 Å². The van der Waals surface area contributed by atoms with Gasteiger partial charge in [-0.25, -0.2) is 8.42 Å². The van der Waals surface area contributed by atoms with Gasteiger partial charge in [0, 0.05) is 26.3 Å². The zero-order chi connectivity index (χ0) is 20.4. The molecule has 2 N–H and O–H groups in total. The van der Waals surface area contributed by atoms with Gasteiger partial charge in [0.25, 0.3) is 15.9 Å². The van der Waals surface area contributed by atoms with E-state index in [9.17, 15) is 18.3 Å². The van der Waals surface area contributed by atoms with Gasteiger partial charge >= 0.3 is 0 Å². The lowest BCUT2D eigenvalue weighted by Gasteiger charge is -2.26. The lowest BCUT2D eigenvalue weighted by atomic mass is 9.97. The molecule has 1 amide bonds. The van der Waals surface area contributed by atoms with Gasteiger partial charge < -0.3 is 14.7 Å². The quantitative estimate of drug-likeness (QED) is 0.768. The summed E-state index contributed by atoms with van der Waals surface area (Å²) in [4.78, 5) is 14.5. The Balaban J connectivity index is 1.74. The molecule has 1 aliphatic rings. The van der Waals surface area contributed by atoms with Crippen molar-refractivity contribution in [2.45, 2.75) is 36.0 Å². The highest BCUT2D eigenvalue weighted by molar-refractivity contribution is 7.94. The number of benzene rings is 1. The Morgan fingerprint density at radius 2 is 2.07 bits per heavy atom. The maximum Gasteiger partial charge on any atom is 0.271 e. The maximum absolute atomic E-state index is 12.8. The molecule has 7 nitrogen and oxygen atoms in total. The Kier molecular flexibility index (Phi) is 5.97. The number of thiophene rings is 1. The number of phenols is 1. The number of nitrogens with zero attached hydrogens (tertiary/aromatic N) is 1. The first-order valence-electron chi connectivity index (χ1n) is 8.98. The van der Waals surface area contributed by atoms with Gasteiger partial charge in [-0.05, 0) is 49.8 Å². The summed E-state index contributed by atoms with van der Waals surface area (Å²) in [6.07, 6.45) is 2.40. The normalized spacial score (nSPS) is 20.6. The zero-order valence-electron chi connectivity index (χ0n) is 15.8. The van der Waals surface area contributed by atoms with Gasteiger partial charge in [-0.3, -0.25) is 9.52 Å². The summed E-state index contributed by atoms with van der Waals surface area (Å²) >= 11 is 1.10. The van der Waals surface area contributed by atoms with Crippen LogP contribution < -0.4 is 4.72 Å². The summed E-state index contributed by atoms with van der Waals surface area (Å²) in [6.45, 7) is 3.16. The van der Waals surface area contributed by atoms with Gasteiger partial charge in [0.05, 0.1) is 16.9 Å². The molecule has 2 aromatic rings. The van der Waals surface area contributed by atoms with Crippen molar-refractivity contribution in [2.75, 3.05) is 24.9 Å². The van der Waals surface area contributed by atoms with E-state index in [0.29, 0.717) is 19.5 Å². The van der Waals surface area contributed by atoms with Crippen molar-refractivity contribution in [3.8, 4) is 5.75 Å². The second-order valence-corrected chi connectivity index (χ2v) is 9.93. The molecular weight excluding hydrogens is 400 g/mol. The number of phenolic OH excluding ortho intramolecular Hbond substituents is 1. The van der Waals surface area contributed by atoms with Crippen molar-refractivity contribution in [1.82, 2.24) is 4.90 Å². The third-order valence-electron chi connectivity index (χ3n) is 5.06. The fourth-order valence-electron chi connectivity index (χ4n) is 3.23. The first kappa shape index (κ1) is 20.6. The second-order valence-electron chi connectivity index (χ2n) is 7.07. The van der Waals surface area contributed by atoms with E-state index in [1.807, 2.05) is 6.92 Å². The van der Waals surface area contributed by atoms with Gasteiger partial charge in [0.15, 0.2) is 0 Å². The minimum Gasteiger partial charge on any atom is -0.507 e. The highest BCUT2D eigenvalue weighted by atomic mass is 32.2. The van der Waals surface area contributed by atoms with Crippen molar-refractivity contribution in [3.05, 3.63) is 41.3 Å². The van der Waals surface area contributed by atoms with Crippen molar-refractivity contribution in [2.24, 2.45) is 0 Å². The van der Waals surface area contributed by atoms with Crippen LogP contribution in [0.1, 0.15) is 36.5 Å². The Morgan fingerprint density at radius 1 is 1.29 bits per heavy atom. The molecule has 0 saturated carbocycles. The number of aromatic hydroxyl groups is 1. The van der Waals surface area contributed by atoms with Crippen LogP contribution in [0.4, 0.5) is 5.69 Å². The average Bonchev–Trinajstić information content (AvgIpc) is 3.13. The molecule has 1 fully saturated rings. The number of carbonyl (C=O) groups excluding carboxylic acids is 1. The summed E-state index contributed by atoms with van der Waals surface area (Å²) in [5, 5.41) is 12.0. The molecule has 1 aliphatic heterocycles. The molecule has 1 aromatic heterocycles. The van der Waals surface area contributed by atoms with E-state index in [1.165, 1.54) is 24.3 Å². The molecule has 1 atom stereocenters. The minimum absolute atomic E-state index is 0.153. The van der Waals surface area contributed by atoms with E-state index in [1.54, 1.807) is 23.5 Å². The van der Waals surface area contributed by atoms with Crippen LogP contribution in [0.2, 0.25) is 0 Å². The number of methoxy groups -OCH3 is 1.